The zero-order chi connectivity index (χ0) is 9.56. The molecule has 0 bridgehead atoms. The van der Waals surface area contributed by atoms with Crippen molar-refractivity contribution < 1.29 is 9.53 Å². The summed E-state index contributed by atoms with van der Waals surface area (Å²) in [5.74, 6) is -0.389. The molecule has 0 heterocycles. The van der Waals surface area contributed by atoms with Gasteiger partial charge in [0.1, 0.15) is 0 Å². The SMILES string of the molecule is C/C=C(C(=O)OC)\C(N)=C/CC. The molecule has 0 atom stereocenters. The molecular formula is C9H15NO2. The van der Waals surface area contributed by atoms with Gasteiger partial charge in [-0.15, -0.1) is 0 Å². The lowest BCUT2D eigenvalue weighted by molar-refractivity contribution is -0.135. The van der Waals surface area contributed by atoms with Gasteiger partial charge in [-0.05, 0) is 13.3 Å². The van der Waals surface area contributed by atoms with Gasteiger partial charge in [0.05, 0.1) is 12.7 Å². The van der Waals surface area contributed by atoms with Crippen LogP contribution in [-0.2, 0) is 9.53 Å². The predicted octanol–water partition coefficient (Wildman–Crippen LogP) is 1.36. The third kappa shape index (κ3) is 2.78. The van der Waals surface area contributed by atoms with Crippen molar-refractivity contribution in [3.63, 3.8) is 0 Å². The van der Waals surface area contributed by atoms with Gasteiger partial charge in [-0.25, -0.2) is 4.79 Å². The Morgan fingerprint density at radius 2 is 2.17 bits per heavy atom. The van der Waals surface area contributed by atoms with Gasteiger partial charge in [0.2, 0.25) is 0 Å². The minimum atomic E-state index is -0.389. The third-order valence-corrected chi connectivity index (χ3v) is 1.43. The van der Waals surface area contributed by atoms with E-state index in [0.717, 1.165) is 6.42 Å². The van der Waals surface area contributed by atoms with Crippen molar-refractivity contribution in [3.8, 4) is 0 Å². The minimum absolute atomic E-state index is 0.389. The van der Waals surface area contributed by atoms with Crippen LogP contribution in [0.1, 0.15) is 20.3 Å². The van der Waals surface area contributed by atoms with E-state index in [0.29, 0.717) is 11.3 Å². The molecule has 0 rings (SSSR count). The second-order valence-electron chi connectivity index (χ2n) is 2.26. The molecule has 3 heteroatoms. The molecule has 0 unspecified atom stereocenters. The monoisotopic (exact) mass is 169 g/mol. The number of carbonyl (C=O) groups is 1. The highest BCUT2D eigenvalue weighted by Crippen LogP contribution is 2.06. The Bertz CT molecular complexity index is 217. The Morgan fingerprint density at radius 1 is 1.58 bits per heavy atom. The average Bonchev–Trinajstić information content (AvgIpc) is 2.06. The van der Waals surface area contributed by atoms with Crippen LogP contribution in [0.5, 0.6) is 0 Å². The first-order valence-corrected chi connectivity index (χ1v) is 3.88. The number of nitrogens with two attached hydrogens (primary N) is 1. The van der Waals surface area contributed by atoms with Crippen LogP contribution in [-0.4, -0.2) is 13.1 Å². The molecule has 0 radical (unpaired) electrons. The molecule has 0 aliphatic heterocycles. The summed E-state index contributed by atoms with van der Waals surface area (Å²) in [5.41, 5.74) is 6.52. The van der Waals surface area contributed by atoms with E-state index in [9.17, 15) is 4.79 Å². The van der Waals surface area contributed by atoms with Crippen LogP contribution in [0.2, 0.25) is 0 Å². The Labute approximate surface area is 72.9 Å². The fraction of sp³-hybridized carbons (Fsp3) is 0.444. The topological polar surface area (TPSA) is 52.3 Å². The number of allylic oxidation sites excluding steroid dienone is 2. The lowest BCUT2D eigenvalue weighted by Gasteiger charge is -2.03. The second-order valence-corrected chi connectivity index (χ2v) is 2.26. The standard InChI is InChI=1S/C9H15NO2/c1-4-6-8(10)7(5-2)9(11)12-3/h5-6H,4,10H2,1-3H3/b7-5+,8-6+. The van der Waals surface area contributed by atoms with Gasteiger partial charge in [0.15, 0.2) is 0 Å². The van der Waals surface area contributed by atoms with Crippen molar-refractivity contribution in [1.29, 1.82) is 0 Å². The van der Waals surface area contributed by atoms with E-state index in [4.69, 9.17) is 5.73 Å². The van der Waals surface area contributed by atoms with E-state index in [-0.39, 0.29) is 5.97 Å². The van der Waals surface area contributed by atoms with Crippen LogP contribution in [0, 0.1) is 0 Å². The maximum Gasteiger partial charge on any atom is 0.339 e. The molecule has 0 amide bonds. The molecule has 0 saturated heterocycles. The molecule has 0 saturated carbocycles. The normalized spacial score (nSPS) is 12.9. The van der Waals surface area contributed by atoms with Crippen molar-refractivity contribution in [3.05, 3.63) is 23.4 Å². The van der Waals surface area contributed by atoms with Crippen LogP contribution in [0.25, 0.3) is 0 Å². The maximum absolute atomic E-state index is 11.0. The quantitative estimate of drug-likeness (QED) is 0.394. The molecule has 0 fully saturated rings. The second kappa shape index (κ2) is 5.41. The zero-order valence-corrected chi connectivity index (χ0v) is 7.76. The first kappa shape index (κ1) is 10.8. The summed E-state index contributed by atoms with van der Waals surface area (Å²) in [4.78, 5) is 11.0. The minimum Gasteiger partial charge on any atom is -0.465 e. The van der Waals surface area contributed by atoms with Gasteiger partial charge < -0.3 is 10.5 Å². The summed E-state index contributed by atoms with van der Waals surface area (Å²) in [6, 6.07) is 0. The van der Waals surface area contributed by atoms with Gasteiger partial charge >= 0.3 is 5.97 Å². The largest absolute Gasteiger partial charge is 0.465 e. The maximum atomic E-state index is 11.0. The molecule has 3 nitrogen and oxygen atoms in total. The van der Waals surface area contributed by atoms with Gasteiger partial charge in [-0.3, -0.25) is 0 Å². The molecule has 0 spiro atoms. The Hall–Kier alpha value is -1.25. The number of hydrogen-bond donors (Lipinski definition) is 1. The Kier molecular flexibility index (Phi) is 4.84. The smallest absolute Gasteiger partial charge is 0.339 e. The first-order valence-electron chi connectivity index (χ1n) is 3.88. The highest BCUT2D eigenvalue weighted by molar-refractivity contribution is 5.92. The molecule has 0 aromatic rings. The summed E-state index contributed by atoms with van der Waals surface area (Å²) in [6.07, 6.45) is 4.24. The van der Waals surface area contributed by atoms with E-state index in [1.165, 1.54) is 7.11 Å². The molecule has 68 valence electrons. The molecule has 0 aliphatic rings. The summed E-state index contributed by atoms with van der Waals surface area (Å²) in [7, 11) is 1.34. The number of carbonyl (C=O) groups excluding carboxylic acids is 1. The molecule has 0 aliphatic carbocycles. The number of hydrogen-bond acceptors (Lipinski definition) is 3. The molecular weight excluding hydrogens is 154 g/mol. The van der Waals surface area contributed by atoms with Crippen molar-refractivity contribution in [2.75, 3.05) is 7.11 Å². The summed E-state index contributed by atoms with van der Waals surface area (Å²) in [6.45, 7) is 3.71. The van der Waals surface area contributed by atoms with Crippen molar-refractivity contribution >= 4 is 5.97 Å². The molecule has 0 aromatic carbocycles. The van der Waals surface area contributed by atoms with E-state index in [1.807, 2.05) is 6.92 Å². The van der Waals surface area contributed by atoms with E-state index in [2.05, 4.69) is 4.74 Å². The van der Waals surface area contributed by atoms with Gasteiger partial charge in [-0.2, -0.15) is 0 Å². The molecule has 2 N–H and O–H groups in total. The first-order chi connectivity index (χ1) is 5.67. The van der Waals surface area contributed by atoms with E-state index in [1.54, 1.807) is 19.1 Å². The van der Waals surface area contributed by atoms with E-state index >= 15 is 0 Å². The van der Waals surface area contributed by atoms with Crippen LogP contribution < -0.4 is 5.73 Å². The van der Waals surface area contributed by atoms with E-state index < -0.39 is 0 Å². The number of rotatable bonds is 3. The highest BCUT2D eigenvalue weighted by atomic mass is 16.5. The number of esters is 1. The van der Waals surface area contributed by atoms with Crippen LogP contribution in [0.15, 0.2) is 23.4 Å². The molecule has 0 aromatic heterocycles. The highest BCUT2D eigenvalue weighted by Gasteiger charge is 2.09. The summed E-state index contributed by atoms with van der Waals surface area (Å²) >= 11 is 0. The fourth-order valence-electron chi connectivity index (χ4n) is 0.842. The van der Waals surface area contributed by atoms with Crippen molar-refractivity contribution in [2.45, 2.75) is 20.3 Å². The van der Waals surface area contributed by atoms with Gasteiger partial charge in [-0.1, -0.05) is 19.1 Å². The summed E-state index contributed by atoms with van der Waals surface area (Å²) < 4.78 is 4.54. The zero-order valence-electron chi connectivity index (χ0n) is 7.76. The van der Waals surface area contributed by atoms with Gasteiger partial charge in [0.25, 0.3) is 0 Å². The van der Waals surface area contributed by atoms with Crippen molar-refractivity contribution in [2.24, 2.45) is 5.73 Å². The van der Waals surface area contributed by atoms with Crippen LogP contribution in [0.4, 0.5) is 0 Å². The lowest BCUT2D eigenvalue weighted by Crippen LogP contribution is -2.12. The average molecular weight is 169 g/mol. The van der Waals surface area contributed by atoms with Crippen LogP contribution in [0.3, 0.4) is 0 Å². The number of methoxy groups -OCH3 is 1. The van der Waals surface area contributed by atoms with Crippen LogP contribution >= 0.6 is 0 Å². The fourth-order valence-corrected chi connectivity index (χ4v) is 0.842. The molecule has 12 heavy (non-hydrogen) atoms. The number of ether oxygens (including phenoxy) is 1. The van der Waals surface area contributed by atoms with Crippen molar-refractivity contribution in [1.82, 2.24) is 0 Å². The lowest BCUT2D eigenvalue weighted by atomic mass is 10.1. The third-order valence-electron chi connectivity index (χ3n) is 1.43. The summed E-state index contributed by atoms with van der Waals surface area (Å²) in [5, 5.41) is 0. The Morgan fingerprint density at radius 3 is 2.50 bits per heavy atom. The predicted molar refractivity (Wildman–Crippen MR) is 48.3 cm³/mol. The van der Waals surface area contributed by atoms with Gasteiger partial charge in [0, 0.05) is 5.70 Å². The Balaban J connectivity index is 4.59.